The highest BCUT2D eigenvalue weighted by molar-refractivity contribution is 5.72. The van der Waals surface area contributed by atoms with Gasteiger partial charge in [-0.15, -0.1) is 0 Å². The molecule has 2 rings (SSSR count). The van der Waals surface area contributed by atoms with Gasteiger partial charge in [0.2, 0.25) is 0 Å². The van der Waals surface area contributed by atoms with Crippen molar-refractivity contribution in [1.82, 2.24) is 4.90 Å². The Kier molecular flexibility index (Phi) is 5.00. The predicted molar refractivity (Wildman–Crippen MR) is 71.4 cm³/mol. The van der Waals surface area contributed by atoms with Crippen molar-refractivity contribution in [2.75, 3.05) is 19.7 Å². The molecule has 0 unspecified atom stereocenters. The van der Waals surface area contributed by atoms with Gasteiger partial charge in [-0.25, -0.2) is 9.59 Å². The van der Waals surface area contributed by atoms with Crippen LogP contribution in [0.5, 0.6) is 0 Å². The minimum atomic E-state index is -0.877. The lowest BCUT2D eigenvalue weighted by Gasteiger charge is -2.33. The highest BCUT2D eigenvalue weighted by atomic mass is 16.6. The van der Waals surface area contributed by atoms with E-state index in [1.807, 2.05) is 0 Å². The van der Waals surface area contributed by atoms with E-state index >= 15 is 0 Å². The monoisotopic (exact) mass is 283 g/mol. The summed E-state index contributed by atoms with van der Waals surface area (Å²) in [4.78, 5) is 24.2. The van der Waals surface area contributed by atoms with Crippen molar-refractivity contribution in [2.24, 2.45) is 5.92 Å². The molecule has 112 valence electrons. The number of carboxylic acid groups (broad SMARTS) is 1. The SMILES string of the molecule is C=CCOC(=O)N1CCC([C@H]2CC[C@@H](C(=O)O)O2)CC1. The molecule has 20 heavy (non-hydrogen) atoms. The van der Waals surface area contributed by atoms with Gasteiger partial charge in [-0.3, -0.25) is 0 Å². The van der Waals surface area contributed by atoms with Crippen molar-refractivity contribution in [3.63, 3.8) is 0 Å². The Hall–Kier alpha value is -1.56. The molecular weight excluding hydrogens is 262 g/mol. The average Bonchev–Trinajstić information content (AvgIpc) is 2.95. The molecule has 6 heteroatoms. The van der Waals surface area contributed by atoms with E-state index in [1.165, 1.54) is 0 Å². The molecule has 6 nitrogen and oxygen atoms in total. The molecule has 0 radical (unpaired) electrons. The number of amides is 1. The summed E-state index contributed by atoms with van der Waals surface area (Å²) in [6.45, 7) is 5.00. The average molecular weight is 283 g/mol. The molecule has 0 aliphatic carbocycles. The lowest BCUT2D eigenvalue weighted by molar-refractivity contribution is -0.150. The highest BCUT2D eigenvalue weighted by Gasteiger charge is 2.37. The van der Waals surface area contributed by atoms with Crippen LogP contribution in [0.25, 0.3) is 0 Å². The van der Waals surface area contributed by atoms with Gasteiger partial charge in [-0.2, -0.15) is 0 Å². The van der Waals surface area contributed by atoms with E-state index in [0.29, 0.717) is 25.4 Å². The fourth-order valence-corrected chi connectivity index (χ4v) is 2.87. The summed E-state index contributed by atoms with van der Waals surface area (Å²) in [5.41, 5.74) is 0. The van der Waals surface area contributed by atoms with Crippen LogP contribution in [0.15, 0.2) is 12.7 Å². The van der Waals surface area contributed by atoms with E-state index < -0.39 is 12.1 Å². The van der Waals surface area contributed by atoms with Gasteiger partial charge in [-0.1, -0.05) is 12.7 Å². The van der Waals surface area contributed by atoms with Crippen molar-refractivity contribution in [1.29, 1.82) is 0 Å². The summed E-state index contributed by atoms with van der Waals surface area (Å²) in [5, 5.41) is 8.92. The minimum Gasteiger partial charge on any atom is -0.479 e. The molecule has 1 N–H and O–H groups in total. The maximum absolute atomic E-state index is 11.7. The van der Waals surface area contributed by atoms with Gasteiger partial charge < -0.3 is 19.5 Å². The zero-order valence-corrected chi connectivity index (χ0v) is 11.5. The van der Waals surface area contributed by atoms with Crippen molar-refractivity contribution in [3.8, 4) is 0 Å². The number of ether oxygens (including phenoxy) is 2. The third-order valence-corrected chi connectivity index (χ3v) is 3.98. The first-order valence-corrected chi connectivity index (χ1v) is 7.02. The summed E-state index contributed by atoms with van der Waals surface area (Å²) < 4.78 is 10.6. The van der Waals surface area contributed by atoms with Gasteiger partial charge >= 0.3 is 12.1 Å². The van der Waals surface area contributed by atoms with E-state index in [4.69, 9.17) is 14.6 Å². The lowest BCUT2D eigenvalue weighted by Crippen LogP contribution is -2.41. The van der Waals surface area contributed by atoms with Crippen LogP contribution in [0.4, 0.5) is 4.79 Å². The first kappa shape index (κ1) is 14.8. The third kappa shape index (κ3) is 3.50. The number of hydrogen-bond donors (Lipinski definition) is 1. The van der Waals surface area contributed by atoms with Gasteiger partial charge in [0.1, 0.15) is 6.61 Å². The molecule has 0 aromatic heterocycles. The van der Waals surface area contributed by atoms with Crippen LogP contribution in [0.2, 0.25) is 0 Å². The third-order valence-electron chi connectivity index (χ3n) is 3.98. The van der Waals surface area contributed by atoms with Gasteiger partial charge in [0.05, 0.1) is 6.10 Å². The van der Waals surface area contributed by atoms with E-state index in [2.05, 4.69) is 6.58 Å². The fraction of sp³-hybridized carbons (Fsp3) is 0.714. The van der Waals surface area contributed by atoms with Crippen molar-refractivity contribution < 1.29 is 24.2 Å². The van der Waals surface area contributed by atoms with Crippen LogP contribution in [-0.4, -0.2) is 54.0 Å². The predicted octanol–water partition coefficient (Wildman–Crippen LogP) is 1.65. The van der Waals surface area contributed by atoms with Gasteiger partial charge in [-0.05, 0) is 31.6 Å². The van der Waals surface area contributed by atoms with Crippen LogP contribution in [0.1, 0.15) is 25.7 Å². The molecule has 0 bridgehead atoms. The molecule has 0 aromatic rings. The summed E-state index contributed by atoms with van der Waals surface area (Å²) in [6, 6.07) is 0. The molecule has 2 fully saturated rings. The Morgan fingerprint density at radius 2 is 2.00 bits per heavy atom. The maximum Gasteiger partial charge on any atom is 0.410 e. The maximum atomic E-state index is 11.7. The summed E-state index contributed by atoms with van der Waals surface area (Å²) >= 11 is 0. The topological polar surface area (TPSA) is 76.1 Å². The largest absolute Gasteiger partial charge is 0.479 e. The molecular formula is C14H21NO5. The highest BCUT2D eigenvalue weighted by Crippen LogP contribution is 2.32. The smallest absolute Gasteiger partial charge is 0.410 e. The number of aliphatic carboxylic acids is 1. The second kappa shape index (κ2) is 6.74. The molecule has 2 heterocycles. The number of carbonyl (C=O) groups is 2. The number of piperidine rings is 1. The molecule has 2 aliphatic heterocycles. The Morgan fingerprint density at radius 3 is 2.55 bits per heavy atom. The number of likely N-dealkylation sites (tertiary alicyclic amines) is 1. The van der Waals surface area contributed by atoms with Gasteiger partial charge in [0, 0.05) is 13.1 Å². The zero-order chi connectivity index (χ0) is 14.5. The summed E-state index contributed by atoms with van der Waals surface area (Å²) in [6.07, 6.45) is 3.64. The van der Waals surface area contributed by atoms with E-state index in [0.717, 1.165) is 19.3 Å². The second-order valence-electron chi connectivity index (χ2n) is 5.27. The molecule has 0 aromatic carbocycles. The normalized spacial score (nSPS) is 27.3. The second-order valence-corrected chi connectivity index (χ2v) is 5.27. The van der Waals surface area contributed by atoms with E-state index in [-0.39, 0.29) is 18.8 Å². The number of carboxylic acids is 1. The zero-order valence-electron chi connectivity index (χ0n) is 11.5. The molecule has 2 atom stereocenters. The van der Waals surface area contributed by atoms with Gasteiger partial charge in [0.25, 0.3) is 0 Å². The Labute approximate surface area is 118 Å². The fourth-order valence-electron chi connectivity index (χ4n) is 2.87. The quantitative estimate of drug-likeness (QED) is 0.794. The van der Waals surface area contributed by atoms with Crippen molar-refractivity contribution in [3.05, 3.63) is 12.7 Å². The number of hydrogen-bond acceptors (Lipinski definition) is 4. The standard InChI is InChI=1S/C14H21NO5/c1-2-9-19-14(18)15-7-5-10(6-8-15)11-3-4-12(20-11)13(16)17/h2,10-12H,1,3-9H2,(H,16,17)/t11-,12+/m1/s1. The van der Waals surface area contributed by atoms with Crippen molar-refractivity contribution in [2.45, 2.75) is 37.9 Å². The first-order valence-electron chi connectivity index (χ1n) is 7.02. The first-order chi connectivity index (χ1) is 9.61. The summed E-state index contributed by atoms with van der Waals surface area (Å²) in [7, 11) is 0. The molecule has 1 amide bonds. The number of carbonyl (C=O) groups excluding carboxylic acids is 1. The summed E-state index contributed by atoms with van der Waals surface area (Å²) in [5.74, 6) is -0.541. The number of nitrogens with zero attached hydrogens (tertiary/aromatic N) is 1. The minimum absolute atomic E-state index is 0.0162. The molecule has 2 aliphatic rings. The number of rotatable bonds is 4. The van der Waals surface area contributed by atoms with Crippen LogP contribution in [0.3, 0.4) is 0 Å². The van der Waals surface area contributed by atoms with E-state index in [1.54, 1.807) is 11.0 Å². The Bertz CT molecular complexity index is 376. The van der Waals surface area contributed by atoms with Crippen LogP contribution in [-0.2, 0) is 14.3 Å². The van der Waals surface area contributed by atoms with E-state index in [9.17, 15) is 9.59 Å². The van der Waals surface area contributed by atoms with Gasteiger partial charge in [0.15, 0.2) is 6.10 Å². The Morgan fingerprint density at radius 1 is 1.30 bits per heavy atom. The molecule has 2 saturated heterocycles. The van der Waals surface area contributed by atoms with Crippen LogP contribution in [0, 0.1) is 5.92 Å². The Balaban J connectivity index is 1.76. The lowest BCUT2D eigenvalue weighted by atomic mass is 9.90. The van der Waals surface area contributed by atoms with Crippen molar-refractivity contribution >= 4 is 12.1 Å². The van der Waals surface area contributed by atoms with Crippen LogP contribution >= 0.6 is 0 Å². The molecule has 0 spiro atoms. The van der Waals surface area contributed by atoms with Crippen LogP contribution < -0.4 is 0 Å². The molecule has 0 saturated carbocycles.